The molecule has 1 rings (SSSR count). The van der Waals surface area contributed by atoms with Crippen molar-refractivity contribution >= 4 is 11.8 Å². The van der Waals surface area contributed by atoms with E-state index >= 15 is 0 Å². The number of rotatable bonds is 7. The van der Waals surface area contributed by atoms with Gasteiger partial charge in [0, 0.05) is 5.75 Å². The van der Waals surface area contributed by atoms with E-state index in [4.69, 9.17) is 0 Å². The molecule has 1 N–H and O–H groups in total. The van der Waals surface area contributed by atoms with Crippen LogP contribution >= 0.6 is 11.8 Å². The van der Waals surface area contributed by atoms with Gasteiger partial charge in [0.2, 0.25) is 0 Å². The molecule has 0 aliphatic heterocycles. The van der Waals surface area contributed by atoms with Crippen LogP contribution in [-0.2, 0) is 5.75 Å². The molecule has 1 nitrogen and oxygen atoms in total. The Bertz CT molecular complexity index is 248. The quantitative estimate of drug-likeness (QED) is 0.561. The second kappa shape index (κ2) is 7.77. The zero-order chi connectivity index (χ0) is 10.9. The van der Waals surface area contributed by atoms with Crippen molar-refractivity contribution in [2.75, 3.05) is 0 Å². The lowest BCUT2D eigenvalue weighted by Gasteiger charge is -2.09. The van der Waals surface area contributed by atoms with Gasteiger partial charge in [0.05, 0.1) is 5.44 Å². The van der Waals surface area contributed by atoms with E-state index in [0.29, 0.717) is 0 Å². The maximum atomic E-state index is 9.70. The molecule has 0 saturated heterocycles. The van der Waals surface area contributed by atoms with Crippen LogP contribution in [0.15, 0.2) is 30.3 Å². The summed E-state index contributed by atoms with van der Waals surface area (Å²) in [5.41, 5.74) is 1.09. The lowest BCUT2D eigenvalue weighted by molar-refractivity contribution is 0.248. The molecule has 0 spiro atoms. The summed E-state index contributed by atoms with van der Waals surface area (Å²) in [6.45, 7) is 2.18. The summed E-state index contributed by atoms with van der Waals surface area (Å²) in [4.78, 5) is 0. The summed E-state index contributed by atoms with van der Waals surface area (Å²) in [6.07, 6.45) is 4.50. The molecule has 0 aliphatic carbocycles. The van der Waals surface area contributed by atoms with Crippen LogP contribution in [0.4, 0.5) is 0 Å². The minimum Gasteiger partial charge on any atom is -0.382 e. The molecule has 0 bridgehead atoms. The summed E-state index contributed by atoms with van der Waals surface area (Å²) in [7, 11) is 0. The molecule has 0 aliphatic rings. The Morgan fingerprint density at radius 1 is 1.20 bits per heavy atom. The van der Waals surface area contributed by atoms with Crippen molar-refractivity contribution in [3.8, 4) is 0 Å². The van der Waals surface area contributed by atoms with E-state index in [1.165, 1.54) is 18.4 Å². The molecule has 15 heavy (non-hydrogen) atoms. The van der Waals surface area contributed by atoms with Gasteiger partial charge in [0.25, 0.3) is 0 Å². The molecule has 2 heteroatoms. The SMILES string of the molecule is CCCCCC(O)SCc1ccccc1. The number of aliphatic hydroxyl groups is 1. The average Bonchev–Trinajstić information content (AvgIpc) is 2.28. The summed E-state index contributed by atoms with van der Waals surface area (Å²) in [5, 5.41) is 9.70. The van der Waals surface area contributed by atoms with Gasteiger partial charge in [-0.3, -0.25) is 0 Å². The van der Waals surface area contributed by atoms with Gasteiger partial charge in [-0.25, -0.2) is 0 Å². The normalized spacial score (nSPS) is 12.7. The van der Waals surface area contributed by atoms with Crippen LogP contribution in [0.1, 0.15) is 38.2 Å². The van der Waals surface area contributed by atoms with Crippen LogP contribution < -0.4 is 0 Å². The van der Waals surface area contributed by atoms with Crippen molar-refractivity contribution in [1.29, 1.82) is 0 Å². The molecular weight excluding hydrogens is 204 g/mol. The molecule has 1 aromatic carbocycles. The third-order valence-corrected chi connectivity index (χ3v) is 3.46. The lowest BCUT2D eigenvalue weighted by Crippen LogP contribution is -2.00. The van der Waals surface area contributed by atoms with E-state index in [2.05, 4.69) is 19.1 Å². The Labute approximate surface area is 96.9 Å². The minimum atomic E-state index is -0.197. The molecule has 0 radical (unpaired) electrons. The van der Waals surface area contributed by atoms with Crippen LogP contribution in [0.25, 0.3) is 0 Å². The predicted molar refractivity (Wildman–Crippen MR) is 67.9 cm³/mol. The number of benzene rings is 1. The Morgan fingerprint density at radius 2 is 1.93 bits per heavy atom. The van der Waals surface area contributed by atoms with Gasteiger partial charge in [0.15, 0.2) is 0 Å². The second-order valence-corrected chi connectivity index (χ2v) is 4.91. The number of hydrogen-bond acceptors (Lipinski definition) is 2. The first-order valence-corrected chi connectivity index (χ1v) is 6.71. The number of hydrogen-bond donors (Lipinski definition) is 1. The number of thioether (sulfide) groups is 1. The zero-order valence-electron chi connectivity index (χ0n) is 9.36. The lowest BCUT2D eigenvalue weighted by atomic mass is 10.2. The smallest absolute Gasteiger partial charge is 0.0995 e. The van der Waals surface area contributed by atoms with Crippen molar-refractivity contribution in [3.05, 3.63) is 35.9 Å². The first-order valence-electron chi connectivity index (χ1n) is 5.66. The Kier molecular flexibility index (Phi) is 6.53. The van der Waals surface area contributed by atoms with E-state index in [9.17, 15) is 5.11 Å². The third kappa shape index (κ3) is 5.85. The highest BCUT2D eigenvalue weighted by Gasteiger charge is 2.03. The van der Waals surface area contributed by atoms with E-state index < -0.39 is 0 Å². The summed E-state index contributed by atoms with van der Waals surface area (Å²) in [6, 6.07) is 10.3. The van der Waals surface area contributed by atoms with E-state index in [1.807, 2.05) is 18.2 Å². The molecule has 1 unspecified atom stereocenters. The van der Waals surface area contributed by atoms with Crippen LogP contribution in [0.3, 0.4) is 0 Å². The molecule has 0 amide bonds. The maximum absolute atomic E-state index is 9.70. The summed E-state index contributed by atoms with van der Waals surface area (Å²) >= 11 is 1.64. The van der Waals surface area contributed by atoms with Crippen LogP contribution in [0.2, 0.25) is 0 Å². The van der Waals surface area contributed by atoms with Crippen LogP contribution in [0.5, 0.6) is 0 Å². The molecule has 0 aromatic heterocycles. The van der Waals surface area contributed by atoms with Crippen molar-refractivity contribution in [2.45, 2.75) is 43.8 Å². The highest BCUT2D eigenvalue weighted by Crippen LogP contribution is 2.20. The molecule has 0 saturated carbocycles. The topological polar surface area (TPSA) is 20.2 Å². The molecule has 1 aromatic rings. The van der Waals surface area contributed by atoms with Crippen molar-refractivity contribution in [3.63, 3.8) is 0 Å². The van der Waals surface area contributed by atoms with E-state index in [-0.39, 0.29) is 5.44 Å². The van der Waals surface area contributed by atoms with Gasteiger partial charge >= 0.3 is 0 Å². The van der Waals surface area contributed by atoms with Gasteiger partial charge in [-0.1, -0.05) is 56.5 Å². The minimum absolute atomic E-state index is 0.197. The van der Waals surface area contributed by atoms with Crippen molar-refractivity contribution in [1.82, 2.24) is 0 Å². The maximum Gasteiger partial charge on any atom is 0.0995 e. The number of aliphatic hydroxyl groups excluding tert-OH is 1. The summed E-state index contributed by atoms with van der Waals surface area (Å²) < 4.78 is 0. The third-order valence-electron chi connectivity index (χ3n) is 2.34. The predicted octanol–water partition coefficient (Wildman–Crippen LogP) is 3.82. The monoisotopic (exact) mass is 224 g/mol. The zero-order valence-corrected chi connectivity index (χ0v) is 10.2. The fourth-order valence-corrected chi connectivity index (χ4v) is 2.33. The van der Waals surface area contributed by atoms with Crippen molar-refractivity contribution in [2.24, 2.45) is 0 Å². The van der Waals surface area contributed by atoms with Gasteiger partial charge in [-0.05, 0) is 12.0 Å². The molecule has 0 fully saturated rings. The van der Waals surface area contributed by atoms with Gasteiger partial charge in [-0.15, -0.1) is 11.8 Å². The van der Waals surface area contributed by atoms with Crippen LogP contribution in [0, 0.1) is 0 Å². The number of unbranched alkanes of at least 4 members (excludes halogenated alkanes) is 2. The fraction of sp³-hybridized carbons (Fsp3) is 0.538. The molecule has 1 atom stereocenters. The molecule has 0 heterocycles. The second-order valence-electron chi connectivity index (χ2n) is 3.75. The largest absolute Gasteiger partial charge is 0.382 e. The van der Waals surface area contributed by atoms with Gasteiger partial charge in [-0.2, -0.15) is 0 Å². The van der Waals surface area contributed by atoms with Crippen molar-refractivity contribution < 1.29 is 5.11 Å². The van der Waals surface area contributed by atoms with E-state index in [1.54, 1.807) is 11.8 Å². The first-order chi connectivity index (χ1) is 7.33. The Morgan fingerprint density at radius 3 is 2.60 bits per heavy atom. The molecular formula is C13H20OS. The Balaban J connectivity index is 2.14. The highest BCUT2D eigenvalue weighted by atomic mass is 32.2. The summed E-state index contributed by atoms with van der Waals surface area (Å²) in [5.74, 6) is 0.911. The van der Waals surface area contributed by atoms with Gasteiger partial charge in [0.1, 0.15) is 0 Å². The molecule has 84 valence electrons. The van der Waals surface area contributed by atoms with Crippen LogP contribution in [-0.4, -0.2) is 10.5 Å². The van der Waals surface area contributed by atoms with E-state index in [0.717, 1.165) is 18.6 Å². The van der Waals surface area contributed by atoms with Gasteiger partial charge < -0.3 is 5.11 Å². The highest BCUT2D eigenvalue weighted by molar-refractivity contribution is 7.98. The Hall–Kier alpha value is -0.470. The fourth-order valence-electron chi connectivity index (χ4n) is 1.42. The first kappa shape index (κ1) is 12.6. The average molecular weight is 224 g/mol. The standard InChI is InChI=1S/C13H20OS/c1-2-3-5-10-13(14)15-11-12-8-6-4-7-9-12/h4,6-9,13-14H,2-3,5,10-11H2,1H3.